The van der Waals surface area contributed by atoms with Gasteiger partial charge in [0.25, 0.3) is 0 Å². The molecule has 0 unspecified atom stereocenters. The molecule has 2 spiro atoms. The molecule has 23 rings (SSSR count). The van der Waals surface area contributed by atoms with E-state index in [2.05, 4.69) is 324 Å². The molecule has 0 bridgehead atoms. The van der Waals surface area contributed by atoms with Crippen LogP contribution in [0.1, 0.15) is 249 Å². The van der Waals surface area contributed by atoms with Gasteiger partial charge in [-0.15, -0.1) is 0 Å². The summed E-state index contributed by atoms with van der Waals surface area (Å²) in [5, 5.41) is 4.80. The molecule has 0 atom stereocenters. The fraction of sp³-hybridized carbons (Fsp3) is 0.269. The predicted octanol–water partition coefficient (Wildman–Crippen LogP) is 33.1. The number of fused-ring (bicyclic) bond motifs is 36. The van der Waals surface area contributed by atoms with Crippen molar-refractivity contribution in [1.82, 2.24) is 15.0 Å². The second-order valence-corrected chi connectivity index (χ2v) is 37.1. The van der Waals surface area contributed by atoms with Crippen molar-refractivity contribution in [3.8, 4) is 89.5 Å². The van der Waals surface area contributed by atoms with Crippen LogP contribution >= 0.6 is 0 Å². The van der Waals surface area contributed by atoms with E-state index >= 15 is 0 Å². The van der Waals surface area contributed by atoms with Crippen molar-refractivity contribution < 1.29 is 8.83 Å². The molecule has 0 radical (unpaired) electrons. The van der Waals surface area contributed by atoms with Crippen LogP contribution in [0.5, 0.6) is 0 Å². The summed E-state index contributed by atoms with van der Waals surface area (Å²) >= 11 is 0. The van der Waals surface area contributed by atoms with Crippen LogP contribution < -0.4 is 4.90 Å². The highest BCUT2D eigenvalue weighted by Gasteiger charge is 2.59. The van der Waals surface area contributed by atoms with Crippen LogP contribution in [-0.2, 0) is 21.7 Å². The fourth-order valence-corrected chi connectivity index (χ4v) is 25.0. The van der Waals surface area contributed by atoms with Gasteiger partial charge in [0, 0.05) is 60.4 Å². The standard InChI is InChI=1S/C119H108N4O2/c1-5-9-13-17-41-69-116(70-42-18-14-10-6-2)92-56-34-31-53-86(92)107-108-89-55-33-40-62-103(89)125-112(108)109-87-66-64-79(73-98(87)117(111(109)110(107)116,71-43-19-15-11-7-3)72-44-20-16-12-8-4)123(115-121-113(77-45-23-21-24-46-77)120-114(122-115)78-47-25-22-26-48-78)80-63-65-85-90-75-101-91(76-100(90)119(99(85)74-80)95-59-37-29-51-83(95)84-52-30-38-60-96(84)119)105-97(67-68-104-106(105)88-54-32-39-61-102(88)124-104)118(101)93-57-35-27-49-81(93)82-50-28-36-58-94(82)118/h21-40,45-68,73-76H,5-20,41-44,69-72H2,1-4H3. The molecule has 14 aromatic carbocycles. The van der Waals surface area contributed by atoms with E-state index in [9.17, 15) is 0 Å². The summed E-state index contributed by atoms with van der Waals surface area (Å²) in [6.45, 7) is 9.48. The lowest BCUT2D eigenvalue weighted by molar-refractivity contribution is 0.369. The lowest BCUT2D eigenvalue weighted by atomic mass is 9.62. The highest BCUT2D eigenvalue weighted by molar-refractivity contribution is 6.22. The molecule has 0 N–H and O–H groups in total. The Bertz CT molecular complexity index is 6920. The Hall–Kier alpha value is -12.5. The van der Waals surface area contributed by atoms with Gasteiger partial charge in [0.1, 0.15) is 22.3 Å². The predicted molar refractivity (Wildman–Crippen MR) is 518 cm³/mol. The van der Waals surface area contributed by atoms with E-state index in [1.165, 1.54) is 249 Å². The molecule has 0 amide bonds. The summed E-state index contributed by atoms with van der Waals surface area (Å²) in [6, 6.07) is 111. The summed E-state index contributed by atoms with van der Waals surface area (Å²) in [4.78, 5) is 19.8. The van der Waals surface area contributed by atoms with Crippen molar-refractivity contribution in [3.05, 3.63) is 358 Å². The maximum absolute atomic E-state index is 7.80. The Morgan fingerprint density at radius 1 is 0.256 bits per heavy atom. The van der Waals surface area contributed by atoms with Gasteiger partial charge >= 0.3 is 0 Å². The highest BCUT2D eigenvalue weighted by Crippen LogP contribution is 2.72. The second-order valence-electron chi connectivity index (χ2n) is 37.1. The van der Waals surface area contributed by atoms with E-state index in [1.54, 1.807) is 11.1 Å². The molecule has 125 heavy (non-hydrogen) atoms. The maximum Gasteiger partial charge on any atom is 0.238 e. The zero-order valence-electron chi connectivity index (χ0n) is 72.8. The van der Waals surface area contributed by atoms with Gasteiger partial charge in [-0.05, 0) is 208 Å². The first kappa shape index (κ1) is 77.3. The number of hydrogen-bond acceptors (Lipinski definition) is 6. The molecular formula is C119H108N4O2. The number of unbranched alkanes of at least 4 members (excludes halogenated alkanes) is 16. The summed E-state index contributed by atoms with van der Waals surface area (Å²) < 4.78 is 14.8. The third kappa shape index (κ3) is 11.6. The topological polar surface area (TPSA) is 68.2 Å². The van der Waals surface area contributed by atoms with Crippen LogP contribution in [-0.4, -0.2) is 15.0 Å². The van der Waals surface area contributed by atoms with Gasteiger partial charge in [0.15, 0.2) is 11.6 Å². The summed E-state index contributed by atoms with van der Waals surface area (Å²) in [5.41, 5.74) is 37.5. The largest absolute Gasteiger partial charge is 0.456 e. The highest BCUT2D eigenvalue weighted by atomic mass is 16.3. The van der Waals surface area contributed by atoms with Crippen molar-refractivity contribution in [2.75, 3.05) is 4.90 Å². The van der Waals surface area contributed by atoms with Gasteiger partial charge in [-0.2, -0.15) is 9.97 Å². The van der Waals surface area contributed by atoms with E-state index in [4.69, 9.17) is 23.8 Å². The Balaban J connectivity index is 0.815. The number of benzene rings is 14. The number of para-hydroxylation sites is 2. The molecular weight excluding hydrogens is 1520 g/mol. The quantitative estimate of drug-likeness (QED) is 0.0435. The Kier molecular flexibility index (Phi) is 19.4. The molecule has 17 aromatic rings. The molecule has 0 saturated heterocycles. The van der Waals surface area contributed by atoms with E-state index < -0.39 is 16.2 Å². The Morgan fingerprint density at radius 2 is 0.640 bits per heavy atom. The third-order valence-corrected chi connectivity index (χ3v) is 30.3. The number of anilines is 3. The number of rotatable bonds is 29. The average Bonchev–Trinajstić information content (AvgIpc) is 1.49. The van der Waals surface area contributed by atoms with Crippen LogP contribution in [0.4, 0.5) is 17.3 Å². The van der Waals surface area contributed by atoms with Crippen molar-refractivity contribution in [2.24, 2.45) is 0 Å². The summed E-state index contributed by atoms with van der Waals surface area (Å²) in [7, 11) is 0. The lowest BCUT2D eigenvalue weighted by Gasteiger charge is -2.40. The van der Waals surface area contributed by atoms with Gasteiger partial charge < -0.3 is 8.83 Å². The first-order chi connectivity index (χ1) is 61.9. The zero-order chi connectivity index (χ0) is 83.5. The van der Waals surface area contributed by atoms with Crippen LogP contribution in [0.3, 0.4) is 0 Å². The minimum atomic E-state index is -0.801. The number of hydrogen-bond donors (Lipinski definition) is 0. The van der Waals surface area contributed by atoms with E-state index in [0.717, 1.165) is 94.1 Å². The van der Waals surface area contributed by atoms with Crippen LogP contribution in [0.15, 0.2) is 300 Å². The Morgan fingerprint density at radius 3 is 1.17 bits per heavy atom. The normalized spacial score (nSPS) is 14.6. The van der Waals surface area contributed by atoms with Crippen molar-refractivity contribution in [1.29, 1.82) is 0 Å². The first-order valence-corrected chi connectivity index (χ1v) is 47.5. The molecule has 616 valence electrons. The minimum Gasteiger partial charge on any atom is -0.456 e. The molecule has 0 saturated carbocycles. The molecule has 3 aromatic heterocycles. The van der Waals surface area contributed by atoms with Crippen molar-refractivity contribution >= 4 is 61.2 Å². The minimum absolute atomic E-state index is 0.231. The molecule has 0 fully saturated rings. The number of nitrogens with zero attached hydrogens (tertiary/aromatic N) is 4. The van der Waals surface area contributed by atoms with Gasteiger partial charge in [-0.1, -0.05) is 393 Å². The number of aromatic nitrogens is 3. The fourth-order valence-electron chi connectivity index (χ4n) is 25.0. The summed E-state index contributed by atoms with van der Waals surface area (Å²) in [5.74, 6) is 1.79. The molecule has 6 heteroatoms. The average molecular weight is 1630 g/mol. The van der Waals surface area contributed by atoms with Crippen LogP contribution in [0.25, 0.3) is 133 Å². The van der Waals surface area contributed by atoms with Gasteiger partial charge in [-0.25, -0.2) is 4.98 Å². The smallest absolute Gasteiger partial charge is 0.238 e. The first-order valence-electron chi connectivity index (χ1n) is 47.5. The van der Waals surface area contributed by atoms with Crippen LogP contribution in [0.2, 0.25) is 0 Å². The monoisotopic (exact) mass is 1620 g/mol. The van der Waals surface area contributed by atoms with Gasteiger partial charge in [0.05, 0.1) is 10.8 Å². The van der Waals surface area contributed by atoms with Crippen molar-refractivity contribution in [2.45, 2.75) is 203 Å². The van der Waals surface area contributed by atoms with E-state index in [0.29, 0.717) is 17.6 Å². The van der Waals surface area contributed by atoms with Crippen LogP contribution in [0, 0.1) is 0 Å². The van der Waals surface area contributed by atoms with E-state index in [-0.39, 0.29) is 5.41 Å². The molecule has 6 nitrogen and oxygen atoms in total. The Labute approximate surface area is 735 Å². The van der Waals surface area contributed by atoms with Crippen molar-refractivity contribution in [3.63, 3.8) is 0 Å². The second kappa shape index (κ2) is 31.3. The van der Waals surface area contributed by atoms with E-state index in [1.807, 2.05) is 0 Å². The van der Waals surface area contributed by atoms with Gasteiger partial charge in [-0.3, -0.25) is 4.90 Å². The zero-order valence-corrected chi connectivity index (χ0v) is 72.8. The summed E-state index contributed by atoms with van der Waals surface area (Å²) in [6.07, 6.45) is 28.6. The maximum atomic E-state index is 7.80. The third-order valence-electron chi connectivity index (χ3n) is 30.3. The number of furan rings is 2. The lowest BCUT2D eigenvalue weighted by Crippen LogP contribution is -2.33. The molecule has 6 aliphatic carbocycles. The van der Waals surface area contributed by atoms with Gasteiger partial charge in [0.2, 0.25) is 5.95 Å². The SMILES string of the molecule is CCCCCCCC1(CCCCCCC)c2cc(N(c3ccc4c(c3)C3(c5ccccc5-c5ccccc53)c3cc5c(cc3-4)C3(c4ccccc4-c4ccccc43)c3ccc4oc6ccccc6c4c3-5)c3nc(-c4ccccc4)nc(-c4ccccc4)n3)ccc2-c2c1c1c(c3c2oc2ccccc23)-c2ccccc2C1(CCCCCCC)CCCCCCC. The molecule has 6 aliphatic rings. The molecule has 3 heterocycles. The molecule has 0 aliphatic heterocycles.